The Labute approximate surface area is 112 Å². The van der Waals surface area contributed by atoms with Crippen LogP contribution >= 0.6 is 15.9 Å². The van der Waals surface area contributed by atoms with E-state index in [1.807, 2.05) is 24.3 Å². The standard InChI is InChI=1S/C12H12BrN3O2/c13-9-4-2-1-3-8(9)11-15-12(18-16-11)10-5-7(17)6-14-10/h1-4,7,10,14,17H,5-6H2/t7-,10-/m0/s1. The zero-order valence-corrected chi connectivity index (χ0v) is 11.1. The Hall–Kier alpha value is -1.24. The molecule has 0 radical (unpaired) electrons. The Morgan fingerprint density at radius 2 is 2.22 bits per heavy atom. The van der Waals surface area contributed by atoms with E-state index in [2.05, 4.69) is 31.4 Å². The number of nitrogens with zero attached hydrogens (tertiary/aromatic N) is 2. The fraction of sp³-hybridized carbons (Fsp3) is 0.333. The summed E-state index contributed by atoms with van der Waals surface area (Å²) in [5.41, 5.74) is 0.894. The summed E-state index contributed by atoms with van der Waals surface area (Å²) in [5.74, 6) is 1.08. The van der Waals surface area contributed by atoms with Crippen molar-refractivity contribution in [3.05, 3.63) is 34.6 Å². The zero-order chi connectivity index (χ0) is 12.5. The lowest BCUT2D eigenvalue weighted by atomic mass is 10.2. The van der Waals surface area contributed by atoms with Crippen LogP contribution < -0.4 is 5.32 Å². The van der Waals surface area contributed by atoms with Gasteiger partial charge in [-0.25, -0.2) is 0 Å². The van der Waals surface area contributed by atoms with Crippen LogP contribution in [0.3, 0.4) is 0 Å². The van der Waals surface area contributed by atoms with Crippen molar-refractivity contribution < 1.29 is 9.63 Å². The van der Waals surface area contributed by atoms with Gasteiger partial charge >= 0.3 is 0 Å². The third kappa shape index (κ3) is 2.19. The molecule has 0 amide bonds. The first-order valence-electron chi connectivity index (χ1n) is 5.74. The van der Waals surface area contributed by atoms with Crippen molar-refractivity contribution >= 4 is 15.9 Å². The van der Waals surface area contributed by atoms with Crippen LogP contribution in [0.15, 0.2) is 33.3 Å². The zero-order valence-electron chi connectivity index (χ0n) is 9.51. The van der Waals surface area contributed by atoms with Crippen LogP contribution in [0.1, 0.15) is 18.4 Å². The van der Waals surface area contributed by atoms with Crippen molar-refractivity contribution in [2.24, 2.45) is 0 Å². The number of nitrogens with one attached hydrogen (secondary N) is 1. The van der Waals surface area contributed by atoms with Gasteiger partial charge in [0.1, 0.15) is 0 Å². The molecular formula is C12H12BrN3O2. The average molecular weight is 310 g/mol. The highest BCUT2D eigenvalue weighted by Gasteiger charge is 2.28. The summed E-state index contributed by atoms with van der Waals surface area (Å²) < 4.78 is 6.18. The van der Waals surface area contributed by atoms with Gasteiger partial charge in [0.15, 0.2) is 0 Å². The predicted octanol–water partition coefficient (Wildman–Crippen LogP) is 1.89. The number of rotatable bonds is 2. The quantitative estimate of drug-likeness (QED) is 0.886. The minimum atomic E-state index is -0.339. The second kappa shape index (κ2) is 4.79. The van der Waals surface area contributed by atoms with E-state index in [1.54, 1.807) is 0 Å². The van der Waals surface area contributed by atoms with Gasteiger partial charge in [-0.3, -0.25) is 0 Å². The summed E-state index contributed by atoms with van der Waals surface area (Å²) >= 11 is 3.46. The van der Waals surface area contributed by atoms with Gasteiger partial charge in [0.25, 0.3) is 0 Å². The Bertz CT molecular complexity index is 558. The third-order valence-corrected chi connectivity index (χ3v) is 3.65. The van der Waals surface area contributed by atoms with E-state index in [0.29, 0.717) is 24.7 Å². The number of benzene rings is 1. The van der Waals surface area contributed by atoms with Crippen molar-refractivity contribution in [3.8, 4) is 11.4 Å². The maximum Gasteiger partial charge on any atom is 0.244 e. The monoisotopic (exact) mass is 309 g/mol. The van der Waals surface area contributed by atoms with Crippen LogP contribution in [0.5, 0.6) is 0 Å². The molecule has 1 aromatic heterocycles. The average Bonchev–Trinajstić information content (AvgIpc) is 2.98. The Balaban J connectivity index is 1.88. The van der Waals surface area contributed by atoms with Crippen LogP contribution in [0, 0.1) is 0 Å². The topological polar surface area (TPSA) is 71.2 Å². The van der Waals surface area contributed by atoms with E-state index in [9.17, 15) is 5.11 Å². The van der Waals surface area contributed by atoms with Crippen LogP contribution in [0.4, 0.5) is 0 Å². The maximum atomic E-state index is 9.47. The van der Waals surface area contributed by atoms with Gasteiger partial charge in [-0.1, -0.05) is 33.2 Å². The van der Waals surface area contributed by atoms with Gasteiger partial charge in [-0.15, -0.1) is 0 Å². The number of aromatic nitrogens is 2. The van der Waals surface area contributed by atoms with Crippen LogP contribution in [0.2, 0.25) is 0 Å². The number of hydrogen-bond acceptors (Lipinski definition) is 5. The molecule has 1 aliphatic rings. The fourth-order valence-electron chi connectivity index (χ4n) is 2.03. The summed E-state index contributed by atoms with van der Waals surface area (Å²) in [6, 6.07) is 7.67. The van der Waals surface area contributed by atoms with E-state index in [0.717, 1.165) is 10.0 Å². The summed E-state index contributed by atoms with van der Waals surface area (Å²) in [7, 11) is 0. The predicted molar refractivity (Wildman–Crippen MR) is 68.8 cm³/mol. The molecule has 1 fully saturated rings. The molecule has 0 spiro atoms. The molecule has 1 aromatic carbocycles. The largest absolute Gasteiger partial charge is 0.392 e. The first kappa shape index (κ1) is 11.8. The molecule has 3 rings (SSSR count). The van der Waals surface area contributed by atoms with Gasteiger partial charge in [0, 0.05) is 16.6 Å². The summed E-state index contributed by atoms with van der Waals surface area (Å²) in [4.78, 5) is 4.38. The summed E-state index contributed by atoms with van der Waals surface area (Å²) in [5, 5.41) is 16.6. The molecule has 0 bridgehead atoms. The Morgan fingerprint density at radius 3 is 2.94 bits per heavy atom. The number of aliphatic hydroxyl groups excluding tert-OH is 1. The highest BCUT2D eigenvalue weighted by molar-refractivity contribution is 9.10. The van der Waals surface area contributed by atoms with E-state index < -0.39 is 0 Å². The maximum absolute atomic E-state index is 9.47. The number of β-amino-alcohol motifs (C(OH)–C–C–N with tert-alkyl or cyclic N) is 1. The minimum Gasteiger partial charge on any atom is -0.392 e. The van der Waals surface area contributed by atoms with Crippen molar-refractivity contribution in [2.75, 3.05) is 6.54 Å². The highest BCUT2D eigenvalue weighted by Crippen LogP contribution is 2.28. The Kier molecular flexibility index (Phi) is 3.15. The van der Waals surface area contributed by atoms with E-state index in [4.69, 9.17) is 4.52 Å². The highest BCUT2D eigenvalue weighted by atomic mass is 79.9. The van der Waals surface area contributed by atoms with Gasteiger partial charge < -0.3 is 14.9 Å². The lowest BCUT2D eigenvalue weighted by Gasteiger charge is -2.01. The van der Waals surface area contributed by atoms with Gasteiger partial charge in [0.05, 0.1) is 12.1 Å². The molecule has 94 valence electrons. The van der Waals surface area contributed by atoms with Crippen molar-refractivity contribution in [3.63, 3.8) is 0 Å². The first-order valence-corrected chi connectivity index (χ1v) is 6.53. The summed E-state index contributed by atoms with van der Waals surface area (Å²) in [6.45, 7) is 0.567. The third-order valence-electron chi connectivity index (χ3n) is 2.96. The molecular weight excluding hydrogens is 298 g/mol. The molecule has 0 aliphatic carbocycles. The number of aliphatic hydroxyl groups is 1. The SMILES string of the molecule is O[C@@H]1CN[C@H](c2nc(-c3ccccc3Br)no2)C1. The molecule has 1 saturated heterocycles. The fourth-order valence-corrected chi connectivity index (χ4v) is 2.50. The van der Waals surface area contributed by atoms with Crippen LogP contribution in [0.25, 0.3) is 11.4 Å². The second-order valence-electron chi connectivity index (χ2n) is 4.29. The Morgan fingerprint density at radius 1 is 1.39 bits per heavy atom. The minimum absolute atomic E-state index is 0.0521. The van der Waals surface area contributed by atoms with Crippen LogP contribution in [-0.2, 0) is 0 Å². The molecule has 18 heavy (non-hydrogen) atoms. The molecule has 0 unspecified atom stereocenters. The van der Waals surface area contributed by atoms with E-state index >= 15 is 0 Å². The molecule has 5 nitrogen and oxygen atoms in total. The molecule has 2 N–H and O–H groups in total. The molecule has 2 aromatic rings. The lowest BCUT2D eigenvalue weighted by Crippen LogP contribution is -2.15. The van der Waals surface area contributed by atoms with Crippen LogP contribution in [-0.4, -0.2) is 27.9 Å². The smallest absolute Gasteiger partial charge is 0.244 e. The van der Waals surface area contributed by atoms with Crippen molar-refractivity contribution in [1.82, 2.24) is 15.5 Å². The van der Waals surface area contributed by atoms with Gasteiger partial charge in [-0.05, 0) is 18.6 Å². The van der Waals surface area contributed by atoms with Gasteiger partial charge in [0.2, 0.25) is 11.7 Å². The van der Waals surface area contributed by atoms with E-state index in [-0.39, 0.29) is 12.1 Å². The molecule has 2 heterocycles. The number of halogens is 1. The molecule has 2 atom stereocenters. The van der Waals surface area contributed by atoms with Gasteiger partial charge in [-0.2, -0.15) is 4.98 Å². The normalized spacial score (nSPS) is 23.4. The number of hydrogen-bond donors (Lipinski definition) is 2. The molecule has 6 heteroatoms. The van der Waals surface area contributed by atoms with E-state index in [1.165, 1.54) is 0 Å². The van der Waals surface area contributed by atoms with Crippen molar-refractivity contribution in [2.45, 2.75) is 18.6 Å². The van der Waals surface area contributed by atoms with Crippen molar-refractivity contribution in [1.29, 1.82) is 0 Å². The lowest BCUT2D eigenvalue weighted by molar-refractivity contribution is 0.191. The second-order valence-corrected chi connectivity index (χ2v) is 5.14. The molecule has 1 aliphatic heterocycles. The molecule has 0 saturated carbocycles. The first-order chi connectivity index (χ1) is 8.74. The summed E-state index contributed by atoms with van der Waals surface area (Å²) in [6.07, 6.45) is 0.270.